The zero-order valence-corrected chi connectivity index (χ0v) is 13.8. The van der Waals surface area contributed by atoms with Crippen LogP contribution >= 0.6 is 0 Å². The maximum atomic E-state index is 12.4. The van der Waals surface area contributed by atoms with E-state index in [1.54, 1.807) is 20.8 Å². The predicted octanol–water partition coefficient (Wildman–Crippen LogP) is 0.308. The lowest BCUT2D eigenvalue weighted by Gasteiger charge is -2.17. The largest absolute Gasteiger partial charge is 0.491 e. The van der Waals surface area contributed by atoms with E-state index in [1.165, 1.54) is 7.11 Å². The number of nitro groups is 1. The van der Waals surface area contributed by atoms with Crippen LogP contribution in [0.15, 0.2) is 0 Å². The first kappa shape index (κ1) is 19.4. The van der Waals surface area contributed by atoms with E-state index in [1.807, 2.05) is 0 Å². The number of hydroxylamine groups is 2. The van der Waals surface area contributed by atoms with E-state index in [4.69, 9.17) is 14.3 Å². The molecule has 0 aromatic carbocycles. The van der Waals surface area contributed by atoms with Crippen molar-refractivity contribution < 1.29 is 28.8 Å². The van der Waals surface area contributed by atoms with Gasteiger partial charge in [-0.25, -0.2) is 9.86 Å². The van der Waals surface area contributed by atoms with Crippen LogP contribution in [0.1, 0.15) is 37.6 Å². The summed E-state index contributed by atoms with van der Waals surface area (Å²) in [5, 5.41) is 15.4. The molecule has 1 unspecified atom stereocenters. The number of carbonyl (C=O) groups is 2. The fourth-order valence-corrected chi connectivity index (χ4v) is 1.78. The summed E-state index contributed by atoms with van der Waals surface area (Å²) in [5.74, 6) is -2.99. The van der Waals surface area contributed by atoms with Crippen molar-refractivity contribution in [3.05, 3.63) is 15.9 Å². The number of hydrogen-bond donors (Lipinski definition) is 0. The Morgan fingerprint density at radius 2 is 2.00 bits per heavy atom. The predicted molar refractivity (Wildman–Crippen MR) is 77.7 cm³/mol. The summed E-state index contributed by atoms with van der Waals surface area (Å²) >= 11 is 0. The number of ether oxygens (including phenoxy) is 2. The molecule has 0 radical (unpaired) electrons. The van der Waals surface area contributed by atoms with Crippen LogP contribution in [0.4, 0.5) is 5.95 Å². The third-order valence-electron chi connectivity index (χ3n) is 2.74. The minimum Gasteiger partial charge on any atom is -0.463 e. The fourth-order valence-electron chi connectivity index (χ4n) is 1.78. The SMILES string of the molecule is CCOC(=O)C(OCC)n1nc([N+](=O)[O-])nc1C(=O)N(CC)OC. The summed E-state index contributed by atoms with van der Waals surface area (Å²) in [6.07, 6.45) is -1.48. The lowest BCUT2D eigenvalue weighted by molar-refractivity contribution is -0.394. The van der Waals surface area contributed by atoms with Crippen molar-refractivity contribution in [3.8, 4) is 0 Å². The van der Waals surface area contributed by atoms with Crippen molar-refractivity contribution in [2.75, 3.05) is 26.9 Å². The Balaban J connectivity index is 3.39. The van der Waals surface area contributed by atoms with Crippen LogP contribution in [0.25, 0.3) is 0 Å². The Bertz CT molecular complexity index is 599. The average Bonchev–Trinajstić information content (AvgIpc) is 2.98. The molecule has 0 spiro atoms. The molecule has 12 heteroatoms. The van der Waals surface area contributed by atoms with Crippen LogP contribution in [-0.4, -0.2) is 63.5 Å². The van der Waals surface area contributed by atoms with Crippen LogP contribution in [-0.2, 0) is 19.1 Å². The molecule has 0 bridgehead atoms. The van der Waals surface area contributed by atoms with Gasteiger partial charge in [0.2, 0.25) is 0 Å². The van der Waals surface area contributed by atoms with Gasteiger partial charge < -0.3 is 19.6 Å². The molecule has 0 aliphatic rings. The molecule has 1 amide bonds. The minimum absolute atomic E-state index is 0.0572. The number of esters is 1. The van der Waals surface area contributed by atoms with Crippen molar-refractivity contribution in [2.24, 2.45) is 0 Å². The molecule has 1 heterocycles. The number of hydrogen-bond acceptors (Lipinski definition) is 9. The number of rotatable bonds is 9. The van der Waals surface area contributed by atoms with Gasteiger partial charge in [0.25, 0.3) is 6.23 Å². The van der Waals surface area contributed by atoms with E-state index in [0.717, 1.165) is 9.75 Å². The highest BCUT2D eigenvalue weighted by molar-refractivity contribution is 5.90. The van der Waals surface area contributed by atoms with E-state index in [0.29, 0.717) is 0 Å². The molecule has 0 fully saturated rings. The van der Waals surface area contributed by atoms with Crippen molar-refractivity contribution in [2.45, 2.75) is 27.0 Å². The Morgan fingerprint density at radius 3 is 2.46 bits per heavy atom. The van der Waals surface area contributed by atoms with E-state index >= 15 is 0 Å². The quantitative estimate of drug-likeness (QED) is 0.351. The monoisotopic (exact) mass is 345 g/mol. The molecule has 1 atom stereocenters. The standard InChI is InChI=1S/C12H19N5O7/c1-5-15(22-4)9(18)8-13-12(17(20)21)14-16(8)10(23-6-2)11(19)24-7-3/h10H,5-7H2,1-4H3. The van der Waals surface area contributed by atoms with Gasteiger partial charge in [-0.05, 0) is 30.7 Å². The molecular formula is C12H19N5O7. The summed E-state index contributed by atoms with van der Waals surface area (Å²) in [7, 11) is 1.25. The molecular weight excluding hydrogens is 326 g/mol. The maximum absolute atomic E-state index is 12.4. The number of carbonyl (C=O) groups excluding carboxylic acids is 2. The van der Waals surface area contributed by atoms with Crippen molar-refractivity contribution in [1.82, 2.24) is 19.8 Å². The first-order valence-electron chi connectivity index (χ1n) is 7.16. The molecule has 0 N–H and O–H groups in total. The first-order valence-corrected chi connectivity index (χ1v) is 7.16. The molecule has 12 nitrogen and oxygen atoms in total. The van der Waals surface area contributed by atoms with Crippen molar-refractivity contribution in [3.63, 3.8) is 0 Å². The minimum atomic E-state index is -1.48. The second-order valence-corrected chi connectivity index (χ2v) is 4.18. The van der Waals surface area contributed by atoms with Crippen LogP contribution in [0.3, 0.4) is 0 Å². The maximum Gasteiger partial charge on any atom is 0.491 e. The highest BCUT2D eigenvalue weighted by Crippen LogP contribution is 2.18. The highest BCUT2D eigenvalue weighted by atomic mass is 16.7. The summed E-state index contributed by atoms with van der Waals surface area (Å²) in [6.45, 7) is 5.10. The van der Waals surface area contributed by atoms with Crippen LogP contribution < -0.4 is 0 Å². The zero-order chi connectivity index (χ0) is 18.3. The van der Waals surface area contributed by atoms with Gasteiger partial charge in [-0.2, -0.15) is 0 Å². The van der Waals surface area contributed by atoms with E-state index < -0.39 is 34.8 Å². The topological polar surface area (TPSA) is 139 Å². The molecule has 1 aromatic heterocycles. The Hall–Kier alpha value is -2.60. The lowest BCUT2D eigenvalue weighted by atomic mass is 10.4. The number of aromatic nitrogens is 3. The molecule has 1 rings (SSSR count). The van der Waals surface area contributed by atoms with Gasteiger partial charge >= 0.3 is 23.6 Å². The summed E-state index contributed by atoms with van der Waals surface area (Å²) in [4.78, 5) is 42.9. The van der Waals surface area contributed by atoms with Crippen LogP contribution in [0, 0.1) is 10.1 Å². The lowest BCUT2D eigenvalue weighted by Crippen LogP contribution is -2.35. The van der Waals surface area contributed by atoms with Gasteiger partial charge in [-0.1, -0.05) is 0 Å². The molecule has 24 heavy (non-hydrogen) atoms. The molecule has 134 valence electrons. The molecule has 0 saturated heterocycles. The fraction of sp³-hybridized carbons (Fsp3) is 0.667. The first-order chi connectivity index (χ1) is 11.4. The molecule has 0 aliphatic carbocycles. The third kappa shape index (κ3) is 4.23. The summed E-state index contributed by atoms with van der Waals surface area (Å²) < 4.78 is 10.8. The second kappa shape index (κ2) is 8.88. The van der Waals surface area contributed by atoms with E-state index in [2.05, 4.69) is 10.1 Å². The van der Waals surface area contributed by atoms with Gasteiger partial charge in [0, 0.05) is 18.3 Å². The zero-order valence-electron chi connectivity index (χ0n) is 13.8. The highest BCUT2D eigenvalue weighted by Gasteiger charge is 2.38. The Kier molecular flexibility index (Phi) is 7.20. The van der Waals surface area contributed by atoms with E-state index in [9.17, 15) is 19.7 Å². The Morgan fingerprint density at radius 1 is 1.33 bits per heavy atom. The van der Waals surface area contributed by atoms with Gasteiger partial charge in [-0.15, -0.1) is 4.68 Å². The molecule has 0 saturated carbocycles. The van der Waals surface area contributed by atoms with Gasteiger partial charge in [0.15, 0.2) is 0 Å². The normalized spacial score (nSPS) is 11.8. The number of amides is 1. The molecule has 0 aliphatic heterocycles. The van der Waals surface area contributed by atoms with Crippen molar-refractivity contribution >= 4 is 17.8 Å². The van der Waals surface area contributed by atoms with Gasteiger partial charge in [-0.3, -0.25) is 9.63 Å². The van der Waals surface area contributed by atoms with Gasteiger partial charge in [0.1, 0.15) is 0 Å². The van der Waals surface area contributed by atoms with Gasteiger partial charge in [0.05, 0.1) is 13.7 Å². The van der Waals surface area contributed by atoms with Crippen LogP contribution in [0.5, 0.6) is 0 Å². The smallest absolute Gasteiger partial charge is 0.463 e. The summed E-state index contributed by atoms with van der Waals surface area (Å²) in [6, 6.07) is 0. The van der Waals surface area contributed by atoms with E-state index in [-0.39, 0.29) is 19.8 Å². The number of nitrogens with zero attached hydrogens (tertiary/aromatic N) is 5. The third-order valence-corrected chi connectivity index (χ3v) is 2.74. The van der Waals surface area contributed by atoms with Crippen molar-refractivity contribution in [1.29, 1.82) is 0 Å². The second-order valence-electron chi connectivity index (χ2n) is 4.18. The Labute approximate surface area is 137 Å². The average molecular weight is 345 g/mol. The van der Waals surface area contributed by atoms with Crippen LogP contribution in [0.2, 0.25) is 0 Å². The summed E-state index contributed by atoms with van der Waals surface area (Å²) in [5.41, 5.74) is 0. The molecule has 1 aromatic rings.